The summed E-state index contributed by atoms with van der Waals surface area (Å²) in [6.45, 7) is 4.09. The Bertz CT molecular complexity index is 1200. The van der Waals surface area contributed by atoms with E-state index in [0.717, 1.165) is 11.1 Å². The van der Waals surface area contributed by atoms with Crippen molar-refractivity contribution in [1.82, 2.24) is 0 Å². The monoisotopic (exact) mass is 475 g/mol. The van der Waals surface area contributed by atoms with Gasteiger partial charge in [0, 0.05) is 11.3 Å². The molecule has 0 aliphatic carbocycles. The van der Waals surface area contributed by atoms with Gasteiger partial charge in [-0.05, 0) is 68.0 Å². The molecule has 3 aromatic rings. The van der Waals surface area contributed by atoms with Crippen LogP contribution in [0.5, 0.6) is 23.0 Å². The zero-order valence-electron chi connectivity index (χ0n) is 20.3. The third-order valence-electron chi connectivity index (χ3n) is 5.06. The fraction of sp³-hybridized carbons (Fsp3) is 0.214. The topological polar surface area (TPSA) is 83.1 Å². The van der Waals surface area contributed by atoms with E-state index in [2.05, 4.69) is 5.32 Å². The Hall–Kier alpha value is -4.26. The van der Waals surface area contributed by atoms with Gasteiger partial charge in [0.25, 0.3) is 5.91 Å². The highest BCUT2D eigenvalue weighted by atomic mass is 16.5. The molecule has 182 valence electrons. The van der Waals surface area contributed by atoms with E-state index in [-0.39, 0.29) is 18.3 Å². The first-order valence-corrected chi connectivity index (χ1v) is 11.1. The Labute approximate surface area is 205 Å². The van der Waals surface area contributed by atoms with Gasteiger partial charge < -0.3 is 24.3 Å². The average Bonchev–Trinajstić information content (AvgIpc) is 2.87. The van der Waals surface area contributed by atoms with Crippen molar-refractivity contribution in [2.45, 2.75) is 13.8 Å². The van der Waals surface area contributed by atoms with E-state index in [0.29, 0.717) is 40.9 Å². The third kappa shape index (κ3) is 7.11. The highest BCUT2D eigenvalue weighted by molar-refractivity contribution is 6.07. The highest BCUT2D eigenvalue weighted by Crippen LogP contribution is 2.30. The minimum atomic E-state index is -0.277. The van der Waals surface area contributed by atoms with Gasteiger partial charge in [-0.25, -0.2) is 0 Å². The number of methoxy groups -OCH3 is 2. The smallest absolute Gasteiger partial charge is 0.262 e. The maximum absolute atomic E-state index is 12.6. The molecule has 0 bridgehead atoms. The second-order valence-corrected chi connectivity index (χ2v) is 7.61. The van der Waals surface area contributed by atoms with Crippen LogP contribution in [0.1, 0.15) is 28.4 Å². The summed E-state index contributed by atoms with van der Waals surface area (Å²) in [7, 11) is 3.06. The summed E-state index contributed by atoms with van der Waals surface area (Å²) in [6, 6.07) is 17.8. The first-order chi connectivity index (χ1) is 16.9. The number of hydrogen-bond donors (Lipinski definition) is 1. The predicted octanol–water partition coefficient (Wildman–Crippen LogP) is 5.32. The Morgan fingerprint density at radius 3 is 2.23 bits per heavy atom. The number of benzene rings is 3. The van der Waals surface area contributed by atoms with Crippen LogP contribution in [0.25, 0.3) is 6.08 Å². The Kier molecular flexibility index (Phi) is 8.89. The zero-order valence-corrected chi connectivity index (χ0v) is 20.3. The predicted molar refractivity (Wildman–Crippen MR) is 136 cm³/mol. The number of allylic oxidation sites excluding steroid dienone is 1. The number of ether oxygens (including phenoxy) is 4. The molecule has 0 radical (unpaired) electrons. The maximum atomic E-state index is 12.6. The van der Waals surface area contributed by atoms with E-state index >= 15 is 0 Å². The minimum Gasteiger partial charge on any atom is -0.493 e. The zero-order chi connectivity index (χ0) is 25.2. The number of carbonyl (C=O) groups excluding carboxylic acids is 2. The van der Waals surface area contributed by atoms with Crippen molar-refractivity contribution in [2.24, 2.45) is 0 Å². The normalized spacial score (nSPS) is 10.6. The largest absolute Gasteiger partial charge is 0.493 e. The lowest BCUT2D eigenvalue weighted by atomic mass is 10.1. The van der Waals surface area contributed by atoms with E-state index in [1.807, 2.05) is 38.1 Å². The molecule has 0 atom stereocenters. The van der Waals surface area contributed by atoms with E-state index in [1.54, 1.807) is 49.6 Å². The van der Waals surface area contributed by atoms with Crippen molar-refractivity contribution < 1.29 is 28.5 Å². The van der Waals surface area contributed by atoms with Gasteiger partial charge in [-0.1, -0.05) is 29.8 Å². The summed E-state index contributed by atoms with van der Waals surface area (Å²) in [4.78, 5) is 24.9. The van der Waals surface area contributed by atoms with Gasteiger partial charge in [0.05, 0.1) is 20.8 Å². The van der Waals surface area contributed by atoms with Crippen LogP contribution in [0.4, 0.5) is 5.69 Å². The molecule has 7 heteroatoms. The molecule has 0 aliphatic heterocycles. The molecule has 0 spiro atoms. The highest BCUT2D eigenvalue weighted by Gasteiger charge is 2.11. The lowest BCUT2D eigenvalue weighted by Gasteiger charge is -2.13. The summed E-state index contributed by atoms with van der Waals surface area (Å²) in [5.74, 6) is 1.50. The molecule has 0 heterocycles. The molecule has 0 aromatic heterocycles. The quantitative estimate of drug-likeness (QED) is 0.298. The van der Waals surface area contributed by atoms with E-state index in [9.17, 15) is 9.59 Å². The first kappa shape index (κ1) is 25.4. The van der Waals surface area contributed by atoms with Crippen molar-refractivity contribution >= 4 is 23.5 Å². The lowest BCUT2D eigenvalue weighted by Crippen LogP contribution is -2.20. The number of ketones is 1. The summed E-state index contributed by atoms with van der Waals surface area (Å²) in [5.41, 5.74) is 3.04. The molecule has 0 saturated carbocycles. The van der Waals surface area contributed by atoms with Gasteiger partial charge >= 0.3 is 0 Å². The van der Waals surface area contributed by atoms with Gasteiger partial charge in [0.15, 0.2) is 35.4 Å². The van der Waals surface area contributed by atoms with Crippen LogP contribution in [-0.2, 0) is 4.79 Å². The van der Waals surface area contributed by atoms with Gasteiger partial charge in [-0.3, -0.25) is 9.59 Å². The van der Waals surface area contributed by atoms with Gasteiger partial charge in [-0.2, -0.15) is 0 Å². The van der Waals surface area contributed by atoms with E-state index in [1.165, 1.54) is 13.2 Å². The molecule has 0 aliphatic rings. The molecule has 35 heavy (non-hydrogen) atoms. The second-order valence-electron chi connectivity index (χ2n) is 7.61. The summed E-state index contributed by atoms with van der Waals surface area (Å²) >= 11 is 0. The van der Waals surface area contributed by atoms with Crippen molar-refractivity contribution in [1.29, 1.82) is 0 Å². The number of anilines is 1. The molecule has 7 nitrogen and oxygen atoms in total. The molecular weight excluding hydrogens is 446 g/mol. The summed E-state index contributed by atoms with van der Waals surface area (Å²) < 4.78 is 21.8. The third-order valence-corrected chi connectivity index (χ3v) is 5.06. The number of amides is 1. The number of rotatable bonds is 11. The average molecular weight is 476 g/mol. The van der Waals surface area contributed by atoms with Crippen LogP contribution in [0.15, 0.2) is 66.7 Å². The summed E-state index contributed by atoms with van der Waals surface area (Å²) in [5, 5.41) is 2.80. The molecule has 0 saturated heterocycles. The second kappa shape index (κ2) is 12.3. The van der Waals surface area contributed by atoms with Gasteiger partial charge in [0.2, 0.25) is 0 Å². The van der Waals surface area contributed by atoms with Crippen molar-refractivity contribution in [2.75, 3.05) is 32.8 Å². The Morgan fingerprint density at radius 2 is 1.54 bits per heavy atom. The van der Waals surface area contributed by atoms with Crippen molar-refractivity contribution in [3.63, 3.8) is 0 Å². The molecule has 1 N–H and O–H groups in total. The fourth-order valence-electron chi connectivity index (χ4n) is 3.25. The molecule has 3 aromatic carbocycles. The summed E-state index contributed by atoms with van der Waals surface area (Å²) in [6.07, 6.45) is 3.16. The van der Waals surface area contributed by atoms with Gasteiger partial charge in [0.1, 0.15) is 0 Å². The van der Waals surface area contributed by atoms with E-state index < -0.39 is 0 Å². The SMILES string of the molecule is CCOc1cc(/C=C/C(=O)c2ccc(OC)c(OC)c2)ccc1OCC(=O)Nc1ccc(C)cc1. The first-order valence-electron chi connectivity index (χ1n) is 11.1. The number of carbonyl (C=O) groups is 2. The Balaban J connectivity index is 1.67. The van der Waals surface area contributed by atoms with Crippen LogP contribution in [0.3, 0.4) is 0 Å². The lowest BCUT2D eigenvalue weighted by molar-refractivity contribution is -0.118. The van der Waals surface area contributed by atoms with Crippen LogP contribution in [-0.4, -0.2) is 39.1 Å². The number of aryl methyl sites for hydroxylation is 1. The van der Waals surface area contributed by atoms with Crippen molar-refractivity contribution in [3.05, 3.63) is 83.4 Å². The Morgan fingerprint density at radius 1 is 0.829 bits per heavy atom. The van der Waals surface area contributed by atoms with Crippen LogP contribution < -0.4 is 24.3 Å². The van der Waals surface area contributed by atoms with E-state index in [4.69, 9.17) is 18.9 Å². The number of nitrogens with one attached hydrogen (secondary N) is 1. The minimum absolute atomic E-state index is 0.166. The van der Waals surface area contributed by atoms with Crippen LogP contribution in [0, 0.1) is 6.92 Å². The molecule has 0 unspecified atom stereocenters. The molecule has 1 amide bonds. The maximum Gasteiger partial charge on any atom is 0.262 e. The molecule has 3 rings (SSSR count). The molecule has 0 fully saturated rings. The number of hydrogen-bond acceptors (Lipinski definition) is 6. The molecular formula is C28H29NO6. The standard InChI is InChI=1S/C28H29NO6/c1-5-34-27-16-20(8-13-23(30)21-10-15-24(32-3)26(17-21)33-4)9-14-25(27)35-18-28(31)29-22-11-6-19(2)7-12-22/h6-17H,5,18H2,1-4H3,(H,29,31)/b13-8+. The van der Waals surface area contributed by atoms with Gasteiger partial charge in [-0.15, -0.1) is 0 Å². The van der Waals surface area contributed by atoms with Crippen LogP contribution >= 0.6 is 0 Å². The fourth-order valence-corrected chi connectivity index (χ4v) is 3.25. The van der Waals surface area contributed by atoms with Crippen molar-refractivity contribution in [3.8, 4) is 23.0 Å². The van der Waals surface area contributed by atoms with Crippen LogP contribution in [0.2, 0.25) is 0 Å².